The maximum atomic E-state index is 12.8. The Bertz CT molecular complexity index is 1050. The van der Waals surface area contributed by atoms with Crippen LogP contribution in [0.5, 0.6) is 0 Å². The number of fused-ring (bicyclic) bond motifs is 1. The molecule has 1 unspecified atom stereocenters. The van der Waals surface area contributed by atoms with Gasteiger partial charge in [0.25, 0.3) is 11.1 Å². The summed E-state index contributed by atoms with van der Waals surface area (Å²) >= 11 is 3.05. The molecule has 3 heterocycles. The standard InChI is InChI=1S/C22H27N3O3S2/c1-13-5-6-19-16(9-13)11-20(30-19)21-23-24-22(28-21)29-12-18(26)17-10-14(2)25(15(17)3)7-8-27-4/h10-11,13H,5-9,12H2,1-4H3. The first kappa shape index (κ1) is 21.3. The third-order valence-corrected chi connectivity index (χ3v) is 7.71. The van der Waals surface area contributed by atoms with E-state index in [4.69, 9.17) is 9.15 Å². The van der Waals surface area contributed by atoms with Gasteiger partial charge in [-0.15, -0.1) is 21.5 Å². The molecule has 1 aliphatic carbocycles. The number of aromatic nitrogens is 3. The Kier molecular flexibility index (Phi) is 6.46. The summed E-state index contributed by atoms with van der Waals surface area (Å²) in [5.74, 6) is 1.62. The summed E-state index contributed by atoms with van der Waals surface area (Å²) in [6, 6.07) is 4.14. The fourth-order valence-electron chi connectivity index (χ4n) is 3.99. The maximum Gasteiger partial charge on any atom is 0.277 e. The summed E-state index contributed by atoms with van der Waals surface area (Å²) in [6.45, 7) is 7.65. The van der Waals surface area contributed by atoms with Crippen molar-refractivity contribution in [1.29, 1.82) is 0 Å². The molecule has 0 amide bonds. The van der Waals surface area contributed by atoms with E-state index in [1.807, 2.05) is 19.9 Å². The number of hydrogen-bond acceptors (Lipinski definition) is 7. The van der Waals surface area contributed by atoms with Gasteiger partial charge in [-0.2, -0.15) is 0 Å². The summed E-state index contributed by atoms with van der Waals surface area (Å²) in [7, 11) is 1.68. The van der Waals surface area contributed by atoms with E-state index in [2.05, 4.69) is 27.8 Å². The van der Waals surface area contributed by atoms with E-state index < -0.39 is 0 Å². The molecule has 30 heavy (non-hydrogen) atoms. The Morgan fingerprint density at radius 1 is 1.37 bits per heavy atom. The Labute approximate surface area is 185 Å². The van der Waals surface area contributed by atoms with Crippen molar-refractivity contribution >= 4 is 28.9 Å². The summed E-state index contributed by atoms with van der Waals surface area (Å²) in [4.78, 5) is 15.2. The number of thiophene rings is 1. The van der Waals surface area contributed by atoms with Crippen LogP contribution in [-0.4, -0.2) is 40.0 Å². The second-order valence-electron chi connectivity index (χ2n) is 7.92. The number of thioether (sulfide) groups is 1. The number of Topliss-reactive ketones (excluding diaryl/α,β-unsaturated/α-hetero) is 1. The van der Waals surface area contributed by atoms with E-state index in [0.29, 0.717) is 17.7 Å². The Hall–Kier alpha value is -1.90. The summed E-state index contributed by atoms with van der Waals surface area (Å²) < 4.78 is 13.1. The predicted octanol–water partition coefficient (Wildman–Crippen LogP) is 4.96. The van der Waals surface area contributed by atoms with Crippen molar-refractivity contribution in [3.05, 3.63) is 39.5 Å². The van der Waals surface area contributed by atoms with Gasteiger partial charge in [0.15, 0.2) is 5.78 Å². The van der Waals surface area contributed by atoms with Crippen LogP contribution in [0.25, 0.3) is 10.8 Å². The fourth-order valence-corrected chi connectivity index (χ4v) is 5.77. The number of aryl methyl sites for hydroxylation is 2. The molecule has 0 aliphatic heterocycles. The topological polar surface area (TPSA) is 70.2 Å². The fraction of sp³-hybridized carbons (Fsp3) is 0.500. The van der Waals surface area contributed by atoms with Gasteiger partial charge in [-0.1, -0.05) is 18.7 Å². The first-order valence-electron chi connectivity index (χ1n) is 10.2. The molecule has 0 aromatic carbocycles. The second-order valence-corrected chi connectivity index (χ2v) is 9.98. The van der Waals surface area contributed by atoms with E-state index in [0.717, 1.165) is 47.1 Å². The van der Waals surface area contributed by atoms with E-state index >= 15 is 0 Å². The third kappa shape index (κ3) is 4.40. The first-order valence-corrected chi connectivity index (χ1v) is 12.0. The predicted molar refractivity (Wildman–Crippen MR) is 120 cm³/mol. The number of nitrogens with zero attached hydrogens (tertiary/aromatic N) is 3. The minimum absolute atomic E-state index is 0.0668. The van der Waals surface area contributed by atoms with E-state index in [-0.39, 0.29) is 11.5 Å². The lowest BCUT2D eigenvalue weighted by molar-refractivity contribution is 0.102. The SMILES string of the molecule is COCCn1c(C)cc(C(=O)CSc2nnc(-c3cc4c(s3)CCC(C)C4)o2)c1C. The molecule has 0 N–H and O–H groups in total. The average molecular weight is 446 g/mol. The van der Waals surface area contributed by atoms with E-state index in [1.54, 1.807) is 18.4 Å². The Morgan fingerprint density at radius 3 is 3.00 bits per heavy atom. The maximum absolute atomic E-state index is 12.8. The molecular weight excluding hydrogens is 418 g/mol. The van der Waals surface area contributed by atoms with Crippen molar-refractivity contribution < 1.29 is 13.9 Å². The van der Waals surface area contributed by atoms with Crippen LogP contribution in [0.2, 0.25) is 0 Å². The molecular formula is C22H27N3O3S2. The summed E-state index contributed by atoms with van der Waals surface area (Å²) in [6.07, 6.45) is 3.50. The zero-order valence-corrected chi connectivity index (χ0v) is 19.5. The van der Waals surface area contributed by atoms with Crippen LogP contribution in [0.3, 0.4) is 0 Å². The number of carbonyl (C=O) groups excluding carboxylic acids is 1. The molecule has 3 aromatic rings. The van der Waals surface area contributed by atoms with Crippen molar-refractivity contribution in [3.63, 3.8) is 0 Å². The zero-order valence-electron chi connectivity index (χ0n) is 17.9. The summed E-state index contributed by atoms with van der Waals surface area (Å²) in [5.41, 5.74) is 4.20. The first-order chi connectivity index (χ1) is 14.5. The molecule has 3 aromatic heterocycles. The summed E-state index contributed by atoms with van der Waals surface area (Å²) in [5, 5.41) is 8.79. The van der Waals surface area contributed by atoms with E-state index in [1.165, 1.54) is 28.6 Å². The molecule has 0 saturated carbocycles. The van der Waals surface area contributed by atoms with Crippen LogP contribution in [0, 0.1) is 19.8 Å². The van der Waals surface area contributed by atoms with Crippen molar-refractivity contribution in [2.24, 2.45) is 5.92 Å². The highest BCUT2D eigenvalue weighted by molar-refractivity contribution is 7.99. The minimum Gasteiger partial charge on any atom is -0.410 e. The van der Waals surface area contributed by atoms with Crippen LogP contribution < -0.4 is 0 Å². The molecule has 0 spiro atoms. The Morgan fingerprint density at radius 2 is 2.20 bits per heavy atom. The molecule has 6 nitrogen and oxygen atoms in total. The van der Waals surface area contributed by atoms with Crippen LogP contribution in [-0.2, 0) is 24.1 Å². The number of carbonyl (C=O) groups is 1. The van der Waals surface area contributed by atoms with Crippen molar-refractivity contribution in [3.8, 4) is 10.8 Å². The average Bonchev–Trinajstić information content (AvgIpc) is 3.42. The zero-order chi connectivity index (χ0) is 21.3. The molecule has 1 atom stereocenters. The Balaban J connectivity index is 1.41. The highest BCUT2D eigenvalue weighted by Crippen LogP contribution is 2.37. The molecule has 4 rings (SSSR count). The number of ether oxygens (including phenoxy) is 1. The quantitative estimate of drug-likeness (QED) is 0.360. The molecule has 160 valence electrons. The number of methoxy groups -OCH3 is 1. The molecule has 1 aliphatic rings. The van der Waals surface area contributed by atoms with Gasteiger partial charge in [0.2, 0.25) is 0 Å². The van der Waals surface area contributed by atoms with Crippen LogP contribution in [0.1, 0.15) is 45.5 Å². The number of hydrogen-bond donors (Lipinski definition) is 0. The lowest BCUT2D eigenvalue weighted by Crippen LogP contribution is -2.09. The van der Waals surface area contributed by atoms with Gasteiger partial charge in [0.05, 0.1) is 17.2 Å². The third-order valence-electron chi connectivity index (χ3n) is 5.67. The van der Waals surface area contributed by atoms with Gasteiger partial charge in [-0.25, -0.2) is 0 Å². The smallest absolute Gasteiger partial charge is 0.277 e. The lowest BCUT2D eigenvalue weighted by Gasteiger charge is -2.16. The van der Waals surface area contributed by atoms with Gasteiger partial charge >= 0.3 is 0 Å². The molecule has 0 fully saturated rings. The van der Waals surface area contributed by atoms with Gasteiger partial charge in [-0.05, 0) is 56.7 Å². The van der Waals surface area contributed by atoms with Gasteiger partial charge < -0.3 is 13.7 Å². The number of ketones is 1. The largest absolute Gasteiger partial charge is 0.410 e. The van der Waals surface area contributed by atoms with E-state index in [9.17, 15) is 4.79 Å². The van der Waals surface area contributed by atoms with Gasteiger partial charge in [-0.3, -0.25) is 4.79 Å². The highest BCUT2D eigenvalue weighted by Gasteiger charge is 2.22. The van der Waals surface area contributed by atoms with Crippen molar-refractivity contribution in [2.75, 3.05) is 19.5 Å². The minimum atomic E-state index is 0.0668. The lowest BCUT2D eigenvalue weighted by atomic mass is 9.90. The molecule has 0 bridgehead atoms. The highest BCUT2D eigenvalue weighted by atomic mass is 32.2. The molecule has 8 heteroatoms. The van der Waals surface area contributed by atoms with Gasteiger partial charge in [0.1, 0.15) is 0 Å². The van der Waals surface area contributed by atoms with Crippen molar-refractivity contribution in [2.45, 2.75) is 51.8 Å². The van der Waals surface area contributed by atoms with Crippen LogP contribution in [0.15, 0.2) is 21.8 Å². The monoisotopic (exact) mass is 445 g/mol. The van der Waals surface area contributed by atoms with Crippen LogP contribution in [0.4, 0.5) is 0 Å². The van der Waals surface area contributed by atoms with Crippen LogP contribution >= 0.6 is 23.1 Å². The van der Waals surface area contributed by atoms with Crippen molar-refractivity contribution in [1.82, 2.24) is 14.8 Å². The second kappa shape index (κ2) is 9.08. The molecule has 0 saturated heterocycles. The number of rotatable bonds is 8. The van der Waals surface area contributed by atoms with Gasteiger partial charge in [0, 0.05) is 35.5 Å². The molecule has 0 radical (unpaired) electrons. The normalized spacial score (nSPS) is 16.1.